The predicted octanol–water partition coefficient (Wildman–Crippen LogP) is 2.03. The van der Waals surface area contributed by atoms with E-state index in [4.69, 9.17) is 0 Å². The van der Waals surface area contributed by atoms with Gasteiger partial charge in [0.15, 0.2) is 0 Å². The van der Waals surface area contributed by atoms with Crippen LogP contribution in [-0.4, -0.2) is 6.16 Å². The lowest BCUT2D eigenvalue weighted by atomic mass is 10.3. The third-order valence-corrected chi connectivity index (χ3v) is 3.14. The molecule has 1 unspecified atom stereocenters. The topological polar surface area (TPSA) is 17.1 Å². The van der Waals surface area contributed by atoms with Crippen molar-refractivity contribution in [3.63, 3.8) is 0 Å². The minimum Gasteiger partial charge on any atom is -0.322 e. The van der Waals surface area contributed by atoms with E-state index in [2.05, 4.69) is 0 Å². The second-order valence-electron chi connectivity index (χ2n) is 2.26. The molecule has 0 radical (unpaired) electrons. The highest BCUT2D eigenvalue weighted by molar-refractivity contribution is 7.53. The minimum absolute atomic E-state index is 0.349. The lowest BCUT2D eigenvalue weighted by Gasteiger charge is -1.98. The molecule has 1 aromatic carbocycles. The maximum absolute atomic E-state index is 12.9. The minimum atomic E-state index is -1.86. The van der Waals surface area contributed by atoms with Crippen molar-refractivity contribution in [2.45, 2.75) is 6.92 Å². The van der Waals surface area contributed by atoms with Crippen LogP contribution in [0.3, 0.4) is 0 Å². The molecule has 0 saturated heterocycles. The van der Waals surface area contributed by atoms with E-state index in [0.717, 1.165) is 0 Å². The monoisotopic (exact) mass is 172 g/mol. The molecule has 60 valence electrons. The van der Waals surface area contributed by atoms with Crippen LogP contribution in [-0.2, 0) is 4.57 Å². The molecule has 0 saturated carbocycles. The summed E-state index contributed by atoms with van der Waals surface area (Å²) < 4.78 is 24.0. The van der Waals surface area contributed by atoms with Gasteiger partial charge in [-0.05, 0) is 18.3 Å². The Bertz CT molecular complexity index is 273. The van der Waals surface area contributed by atoms with Crippen molar-refractivity contribution in [1.29, 1.82) is 0 Å². The van der Waals surface area contributed by atoms with Crippen molar-refractivity contribution < 1.29 is 8.96 Å². The summed E-state index contributed by atoms with van der Waals surface area (Å²) in [6, 6.07) is 6.23. The summed E-state index contributed by atoms with van der Waals surface area (Å²) in [5, 5.41) is 0.375. The molecule has 1 atom stereocenters. The van der Waals surface area contributed by atoms with E-state index in [1.807, 2.05) is 0 Å². The first-order chi connectivity index (χ1) is 5.25. The first-order valence-electron chi connectivity index (χ1n) is 3.53. The highest BCUT2D eigenvalue weighted by Gasteiger charge is 2.05. The summed E-state index contributed by atoms with van der Waals surface area (Å²) in [5.41, 5.74) is 0. The molecule has 1 rings (SSSR count). The number of hydrogen-bond donors (Lipinski definition) is 0. The SMILES string of the molecule is CC[PH](=O)c1ccccc1F. The van der Waals surface area contributed by atoms with Crippen molar-refractivity contribution >= 4 is 13.1 Å². The van der Waals surface area contributed by atoms with Gasteiger partial charge < -0.3 is 4.57 Å². The van der Waals surface area contributed by atoms with Gasteiger partial charge in [0.25, 0.3) is 0 Å². The Morgan fingerprint density at radius 1 is 1.45 bits per heavy atom. The van der Waals surface area contributed by atoms with Crippen LogP contribution >= 0.6 is 7.80 Å². The normalized spacial score (nSPS) is 12.9. The molecular formula is C8H10FOP. The molecule has 0 aliphatic rings. The first kappa shape index (κ1) is 8.48. The van der Waals surface area contributed by atoms with E-state index in [1.165, 1.54) is 6.07 Å². The summed E-state index contributed by atoms with van der Waals surface area (Å²) >= 11 is 0. The maximum Gasteiger partial charge on any atom is 0.133 e. The predicted molar refractivity (Wildman–Crippen MR) is 45.6 cm³/mol. The molecule has 0 fully saturated rings. The van der Waals surface area contributed by atoms with Crippen LogP contribution in [0.5, 0.6) is 0 Å². The van der Waals surface area contributed by atoms with Gasteiger partial charge in [0, 0.05) is 5.30 Å². The van der Waals surface area contributed by atoms with Gasteiger partial charge in [-0.1, -0.05) is 19.1 Å². The van der Waals surface area contributed by atoms with Crippen molar-refractivity contribution in [2.75, 3.05) is 6.16 Å². The molecule has 1 nitrogen and oxygen atoms in total. The molecule has 11 heavy (non-hydrogen) atoms. The van der Waals surface area contributed by atoms with Crippen LogP contribution in [0.15, 0.2) is 24.3 Å². The highest BCUT2D eigenvalue weighted by Crippen LogP contribution is 2.19. The third kappa shape index (κ3) is 1.90. The largest absolute Gasteiger partial charge is 0.322 e. The van der Waals surface area contributed by atoms with Crippen molar-refractivity contribution in [1.82, 2.24) is 0 Å². The molecule has 1 aromatic rings. The fourth-order valence-corrected chi connectivity index (χ4v) is 1.89. The quantitative estimate of drug-likeness (QED) is 0.624. The fraction of sp³-hybridized carbons (Fsp3) is 0.250. The molecule has 0 aliphatic heterocycles. The van der Waals surface area contributed by atoms with Crippen LogP contribution in [0.1, 0.15) is 6.92 Å². The van der Waals surface area contributed by atoms with Crippen molar-refractivity contribution in [3.8, 4) is 0 Å². The average Bonchev–Trinajstić information content (AvgIpc) is 2.04. The van der Waals surface area contributed by atoms with E-state index >= 15 is 0 Å². The Kier molecular flexibility index (Phi) is 2.84. The van der Waals surface area contributed by atoms with Crippen LogP contribution < -0.4 is 5.30 Å². The molecule has 0 bridgehead atoms. The Balaban J connectivity index is 3.03. The van der Waals surface area contributed by atoms with Gasteiger partial charge in [0.05, 0.1) is 0 Å². The Hall–Kier alpha value is -0.620. The summed E-state index contributed by atoms with van der Waals surface area (Å²) in [6.45, 7) is 1.80. The number of rotatable bonds is 2. The fourth-order valence-electron chi connectivity index (χ4n) is 0.878. The van der Waals surface area contributed by atoms with Gasteiger partial charge in [-0.15, -0.1) is 0 Å². The standard InChI is InChI=1S/C8H10FOP/c1-2-11(10)8-6-4-3-5-7(8)9/h3-6,11H,2H2,1H3. The maximum atomic E-state index is 12.9. The Morgan fingerprint density at radius 2 is 2.09 bits per heavy atom. The Morgan fingerprint density at radius 3 is 2.64 bits per heavy atom. The zero-order valence-corrected chi connectivity index (χ0v) is 7.30. The molecule has 3 heteroatoms. The van der Waals surface area contributed by atoms with Gasteiger partial charge in [-0.2, -0.15) is 0 Å². The van der Waals surface area contributed by atoms with Crippen molar-refractivity contribution in [2.24, 2.45) is 0 Å². The van der Waals surface area contributed by atoms with Gasteiger partial charge in [-0.3, -0.25) is 0 Å². The zero-order chi connectivity index (χ0) is 8.27. The molecule has 0 aliphatic carbocycles. The van der Waals surface area contributed by atoms with Crippen LogP contribution in [0.4, 0.5) is 4.39 Å². The number of halogens is 1. The Labute approximate surface area is 66.0 Å². The van der Waals surface area contributed by atoms with Crippen molar-refractivity contribution in [3.05, 3.63) is 30.1 Å². The van der Waals surface area contributed by atoms with E-state index in [-0.39, 0.29) is 5.82 Å². The number of benzene rings is 1. The van der Waals surface area contributed by atoms with E-state index in [1.54, 1.807) is 25.1 Å². The summed E-state index contributed by atoms with van der Waals surface area (Å²) in [7, 11) is -1.86. The lowest BCUT2D eigenvalue weighted by Crippen LogP contribution is -2.02. The smallest absolute Gasteiger partial charge is 0.133 e. The third-order valence-electron chi connectivity index (χ3n) is 1.50. The second-order valence-corrected chi connectivity index (χ2v) is 4.35. The molecule has 0 heterocycles. The summed E-state index contributed by atoms with van der Waals surface area (Å²) in [5.74, 6) is -0.349. The molecule has 0 spiro atoms. The molecular weight excluding hydrogens is 162 g/mol. The molecule has 0 aromatic heterocycles. The van der Waals surface area contributed by atoms with Gasteiger partial charge in [0.2, 0.25) is 0 Å². The van der Waals surface area contributed by atoms with Gasteiger partial charge >= 0.3 is 0 Å². The molecule has 0 amide bonds. The second kappa shape index (κ2) is 3.68. The van der Waals surface area contributed by atoms with Crippen LogP contribution in [0.2, 0.25) is 0 Å². The van der Waals surface area contributed by atoms with E-state index < -0.39 is 7.80 Å². The number of hydrogen-bond acceptors (Lipinski definition) is 1. The summed E-state index contributed by atoms with van der Waals surface area (Å²) in [6.07, 6.45) is 0.533. The molecule has 0 N–H and O–H groups in total. The van der Waals surface area contributed by atoms with Crippen LogP contribution in [0, 0.1) is 5.82 Å². The summed E-state index contributed by atoms with van der Waals surface area (Å²) in [4.78, 5) is 0. The zero-order valence-electron chi connectivity index (χ0n) is 6.30. The van der Waals surface area contributed by atoms with Gasteiger partial charge in [0.1, 0.15) is 13.6 Å². The average molecular weight is 172 g/mol. The van der Waals surface area contributed by atoms with Crippen LogP contribution in [0.25, 0.3) is 0 Å². The first-order valence-corrected chi connectivity index (χ1v) is 5.15. The van der Waals surface area contributed by atoms with E-state index in [0.29, 0.717) is 11.5 Å². The lowest BCUT2D eigenvalue weighted by molar-refractivity contribution is 0.590. The van der Waals surface area contributed by atoms with E-state index in [9.17, 15) is 8.96 Å². The highest BCUT2D eigenvalue weighted by atomic mass is 31.1. The van der Waals surface area contributed by atoms with Gasteiger partial charge in [-0.25, -0.2) is 4.39 Å².